The van der Waals surface area contributed by atoms with Crippen LogP contribution < -0.4 is 21.6 Å². The summed E-state index contributed by atoms with van der Waals surface area (Å²) in [5, 5.41) is 2.27. The lowest BCUT2D eigenvalue weighted by molar-refractivity contribution is -0.0110. The zero-order chi connectivity index (χ0) is 24.3. The Morgan fingerprint density at radius 2 is 1.59 bits per heavy atom. The van der Waals surface area contributed by atoms with Crippen LogP contribution in [-0.2, 0) is 9.16 Å². The molecule has 1 aliphatic heterocycles. The monoisotopic (exact) mass is 588 g/mol. The van der Waals surface area contributed by atoms with Gasteiger partial charge in [0.05, 0.1) is 6.61 Å². The van der Waals surface area contributed by atoms with Crippen molar-refractivity contribution >= 4 is 41.3 Å². The minimum Gasteiger partial charge on any atom is -0.404 e. The molecule has 8 heteroatoms. The van der Waals surface area contributed by atoms with Crippen molar-refractivity contribution in [1.29, 1.82) is 0 Å². The molecule has 1 aliphatic rings. The number of nitrogens with zero attached hydrogens (tertiary/aromatic N) is 1. The molecule has 2 aromatic carbocycles. The number of halogens is 1. The van der Waals surface area contributed by atoms with E-state index in [4.69, 9.17) is 9.16 Å². The number of nitrogens with one attached hydrogen (secondary N) is 1. The number of hydrogen-bond acceptors (Lipinski definition) is 4. The zero-order valence-corrected chi connectivity index (χ0v) is 22.7. The van der Waals surface area contributed by atoms with E-state index in [2.05, 4.69) is 96.9 Å². The van der Waals surface area contributed by atoms with Gasteiger partial charge in [-0.05, 0) is 27.1 Å². The molecule has 0 saturated carbocycles. The number of benzene rings is 2. The second-order valence-corrected chi connectivity index (χ2v) is 14.5. The standard InChI is InChI=1S/C26H29IN2O4Si/c1-26(2,3)34(21-10-6-4-7-11-21,22-12-8-5-9-13-22)32-18-20-16-19(17-27)24(33-20)29-15-14-23(30)28-25(29)31/h4-16,20,24H,17-18H2,1-3H3,(H,28,30,31)/t20-,24+/m0/s1. The lowest BCUT2D eigenvalue weighted by atomic mass is 10.2. The van der Waals surface area contributed by atoms with Crippen LogP contribution in [-0.4, -0.2) is 35.0 Å². The molecular weight excluding hydrogens is 559 g/mol. The first-order valence-electron chi connectivity index (χ1n) is 11.2. The molecule has 0 radical (unpaired) electrons. The highest BCUT2D eigenvalue weighted by molar-refractivity contribution is 14.1. The van der Waals surface area contributed by atoms with Crippen LogP contribution in [0.15, 0.2) is 94.2 Å². The quantitative estimate of drug-likeness (QED) is 0.199. The average Bonchev–Trinajstić information content (AvgIpc) is 3.23. The molecular formula is C26H29IN2O4Si. The molecule has 1 N–H and O–H groups in total. The number of aromatic nitrogens is 2. The number of hydrogen-bond donors (Lipinski definition) is 1. The van der Waals surface area contributed by atoms with Crippen LogP contribution in [0.2, 0.25) is 5.04 Å². The molecule has 6 nitrogen and oxygen atoms in total. The van der Waals surface area contributed by atoms with E-state index in [1.165, 1.54) is 27.2 Å². The summed E-state index contributed by atoms with van der Waals surface area (Å²) in [4.78, 5) is 26.2. The van der Waals surface area contributed by atoms with Gasteiger partial charge in [-0.2, -0.15) is 0 Å². The molecule has 0 spiro atoms. The highest BCUT2D eigenvalue weighted by Gasteiger charge is 2.50. The SMILES string of the molecule is CC(C)(C)[Si](OC[C@@H]1C=C(CI)[C@H](n2ccc(=O)[nH]c2=O)O1)(c1ccccc1)c1ccccc1. The van der Waals surface area contributed by atoms with Gasteiger partial charge in [0.2, 0.25) is 0 Å². The van der Waals surface area contributed by atoms with Crippen molar-refractivity contribution in [3.63, 3.8) is 0 Å². The van der Waals surface area contributed by atoms with E-state index in [0.717, 1.165) is 5.57 Å². The highest BCUT2D eigenvalue weighted by atomic mass is 127. The fourth-order valence-corrected chi connectivity index (χ4v) is 9.84. The van der Waals surface area contributed by atoms with Gasteiger partial charge in [-0.1, -0.05) is 104 Å². The van der Waals surface area contributed by atoms with Gasteiger partial charge in [0.1, 0.15) is 6.10 Å². The van der Waals surface area contributed by atoms with E-state index in [1.807, 2.05) is 18.2 Å². The molecule has 4 rings (SSSR count). The van der Waals surface area contributed by atoms with E-state index in [9.17, 15) is 9.59 Å². The van der Waals surface area contributed by atoms with E-state index >= 15 is 0 Å². The fourth-order valence-electron chi connectivity index (χ4n) is 4.64. The Hall–Kier alpha value is -2.27. The molecule has 0 unspecified atom stereocenters. The van der Waals surface area contributed by atoms with Gasteiger partial charge >= 0.3 is 5.69 Å². The van der Waals surface area contributed by atoms with E-state index in [-0.39, 0.29) is 11.1 Å². The summed E-state index contributed by atoms with van der Waals surface area (Å²) in [6.45, 7) is 7.08. The Morgan fingerprint density at radius 3 is 2.09 bits per heavy atom. The first-order valence-corrected chi connectivity index (χ1v) is 14.7. The van der Waals surface area contributed by atoms with Crippen LogP contribution in [0, 0.1) is 0 Å². The van der Waals surface area contributed by atoms with Crippen LogP contribution in [0.4, 0.5) is 0 Å². The van der Waals surface area contributed by atoms with Gasteiger partial charge in [-0.15, -0.1) is 0 Å². The fraction of sp³-hybridized carbons (Fsp3) is 0.308. The molecule has 0 bridgehead atoms. The van der Waals surface area contributed by atoms with Crippen LogP contribution in [0.5, 0.6) is 0 Å². The Morgan fingerprint density at radius 1 is 1.00 bits per heavy atom. The molecule has 0 fully saturated rings. The van der Waals surface area contributed by atoms with Crippen LogP contribution in [0.3, 0.4) is 0 Å². The highest BCUT2D eigenvalue weighted by Crippen LogP contribution is 2.38. The summed E-state index contributed by atoms with van der Waals surface area (Å²) in [7, 11) is -2.70. The van der Waals surface area contributed by atoms with Gasteiger partial charge in [0, 0.05) is 16.7 Å². The molecule has 2 atom stereocenters. The number of alkyl halides is 1. The minimum absolute atomic E-state index is 0.140. The molecule has 0 amide bonds. The van der Waals surface area contributed by atoms with Crippen molar-refractivity contribution < 1.29 is 9.16 Å². The van der Waals surface area contributed by atoms with Crippen molar-refractivity contribution in [2.24, 2.45) is 0 Å². The third kappa shape index (κ3) is 4.77. The number of H-pyrrole nitrogens is 1. The lowest BCUT2D eigenvalue weighted by Gasteiger charge is -2.43. The van der Waals surface area contributed by atoms with Crippen LogP contribution >= 0.6 is 22.6 Å². The minimum atomic E-state index is -2.70. The van der Waals surface area contributed by atoms with Crippen LogP contribution in [0.1, 0.15) is 27.0 Å². The van der Waals surface area contributed by atoms with Gasteiger partial charge in [-0.25, -0.2) is 4.79 Å². The lowest BCUT2D eigenvalue weighted by Crippen LogP contribution is -2.67. The summed E-state index contributed by atoms with van der Waals surface area (Å²) in [5.74, 6) is 0. The summed E-state index contributed by atoms with van der Waals surface area (Å²) in [5.41, 5.74) is 0.0680. The number of aromatic amines is 1. The summed E-state index contributed by atoms with van der Waals surface area (Å²) in [6, 6.07) is 22.3. The maximum Gasteiger partial charge on any atom is 0.330 e. The van der Waals surface area contributed by atoms with Gasteiger partial charge in [-0.3, -0.25) is 14.3 Å². The normalized spacial score (nSPS) is 18.6. The van der Waals surface area contributed by atoms with Crippen molar-refractivity contribution in [3.8, 4) is 0 Å². The zero-order valence-electron chi connectivity index (χ0n) is 19.5. The summed E-state index contributed by atoms with van der Waals surface area (Å²) >= 11 is 2.27. The smallest absolute Gasteiger partial charge is 0.330 e. The molecule has 0 saturated heterocycles. The maximum atomic E-state index is 12.4. The number of rotatable bonds is 7. The predicted octanol–water partition coefficient (Wildman–Crippen LogP) is 3.37. The Labute approximate surface area is 213 Å². The Balaban J connectivity index is 1.68. The molecule has 3 aromatic rings. The molecule has 2 heterocycles. The van der Waals surface area contributed by atoms with Crippen LogP contribution in [0.25, 0.3) is 0 Å². The topological polar surface area (TPSA) is 73.3 Å². The van der Waals surface area contributed by atoms with E-state index in [0.29, 0.717) is 11.0 Å². The van der Waals surface area contributed by atoms with E-state index < -0.39 is 25.8 Å². The molecule has 0 aliphatic carbocycles. The average molecular weight is 589 g/mol. The number of ether oxygens (including phenoxy) is 1. The summed E-state index contributed by atoms with van der Waals surface area (Å²) < 4.78 is 15.4. The first-order chi connectivity index (χ1) is 16.3. The van der Waals surface area contributed by atoms with Gasteiger partial charge in [0.25, 0.3) is 13.9 Å². The van der Waals surface area contributed by atoms with Gasteiger partial charge < -0.3 is 9.16 Å². The second kappa shape index (κ2) is 10.1. The molecule has 1 aromatic heterocycles. The second-order valence-electron chi connectivity index (χ2n) is 9.39. The molecule has 34 heavy (non-hydrogen) atoms. The molecule has 178 valence electrons. The Bertz CT molecular complexity index is 1230. The summed E-state index contributed by atoms with van der Waals surface area (Å²) in [6.07, 6.45) is 2.66. The first kappa shape index (κ1) is 24.8. The third-order valence-electron chi connectivity index (χ3n) is 6.16. The van der Waals surface area contributed by atoms with E-state index in [1.54, 1.807) is 0 Å². The van der Waals surface area contributed by atoms with Crippen molar-refractivity contribution in [3.05, 3.63) is 105 Å². The van der Waals surface area contributed by atoms with Crippen molar-refractivity contribution in [2.75, 3.05) is 11.0 Å². The largest absolute Gasteiger partial charge is 0.404 e. The van der Waals surface area contributed by atoms with Crippen molar-refractivity contribution in [1.82, 2.24) is 9.55 Å². The maximum absolute atomic E-state index is 12.4. The van der Waals surface area contributed by atoms with Gasteiger partial charge in [0.15, 0.2) is 6.23 Å². The van der Waals surface area contributed by atoms with Crippen molar-refractivity contribution in [2.45, 2.75) is 38.1 Å². The third-order valence-corrected chi connectivity index (χ3v) is 12.0. The predicted molar refractivity (Wildman–Crippen MR) is 146 cm³/mol. The Kier molecular flexibility index (Phi) is 7.41.